The molecule has 0 aliphatic carbocycles. The second-order valence-corrected chi connectivity index (χ2v) is 8.97. The van der Waals surface area contributed by atoms with Gasteiger partial charge in [-0.1, -0.05) is 25.0 Å². The molecule has 4 rings (SSSR count). The van der Waals surface area contributed by atoms with Crippen LogP contribution in [0.1, 0.15) is 64.9 Å². The third-order valence-electron chi connectivity index (χ3n) is 6.56. The van der Waals surface area contributed by atoms with Crippen molar-refractivity contribution in [1.29, 1.82) is 0 Å². The number of amides is 2. The maximum absolute atomic E-state index is 13.2. The summed E-state index contributed by atoms with van der Waals surface area (Å²) in [5.74, 6) is 0.574. The lowest BCUT2D eigenvalue weighted by Gasteiger charge is -2.43. The van der Waals surface area contributed by atoms with Crippen LogP contribution in [0, 0.1) is 12.3 Å². The first-order valence-electron chi connectivity index (χ1n) is 11.3. The molecule has 1 aromatic carbocycles. The van der Waals surface area contributed by atoms with Crippen molar-refractivity contribution in [2.75, 3.05) is 26.2 Å². The van der Waals surface area contributed by atoms with Gasteiger partial charge in [0.1, 0.15) is 5.75 Å². The van der Waals surface area contributed by atoms with E-state index in [4.69, 9.17) is 4.74 Å². The molecule has 2 amide bonds. The van der Waals surface area contributed by atoms with E-state index in [1.54, 1.807) is 10.9 Å². The normalized spacial score (nSPS) is 22.6. The Labute approximate surface area is 183 Å². The molecule has 7 nitrogen and oxygen atoms in total. The van der Waals surface area contributed by atoms with Gasteiger partial charge in [-0.3, -0.25) is 14.3 Å². The summed E-state index contributed by atoms with van der Waals surface area (Å²) in [4.78, 5) is 28.1. The Morgan fingerprint density at radius 1 is 1.16 bits per heavy atom. The Bertz CT molecular complexity index is 954. The summed E-state index contributed by atoms with van der Waals surface area (Å²) in [6.07, 6.45) is 7.86. The molecule has 2 aromatic rings. The fraction of sp³-hybridized carbons (Fsp3) is 0.542. The van der Waals surface area contributed by atoms with Gasteiger partial charge in [0, 0.05) is 38.3 Å². The number of benzene rings is 1. The number of carbonyl (C=O) groups excluding carboxylic acids is 2. The van der Waals surface area contributed by atoms with Gasteiger partial charge in [0.15, 0.2) is 0 Å². The molecule has 1 aromatic heterocycles. The minimum Gasteiger partial charge on any atom is -0.493 e. The van der Waals surface area contributed by atoms with Crippen LogP contribution in [0.2, 0.25) is 0 Å². The monoisotopic (exact) mass is 424 g/mol. The highest BCUT2D eigenvalue weighted by Crippen LogP contribution is 2.36. The Morgan fingerprint density at radius 3 is 2.77 bits per heavy atom. The van der Waals surface area contributed by atoms with Crippen LogP contribution in [0.3, 0.4) is 0 Å². The largest absolute Gasteiger partial charge is 0.493 e. The Hall–Kier alpha value is -2.83. The SMILES string of the molecule is Cc1nn(C)cc1C(=O)N1CCCC2(CCCCCOc3ccccc3C(=O)NC2)C1. The molecule has 1 spiro atoms. The van der Waals surface area contributed by atoms with Crippen molar-refractivity contribution in [3.63, 3.8) is 0 Å². The first-order chi connectivity index (χ1) is 15.0. The second kappa shape index (κ2) is 9.12. The Balaban J connectivity index is 1.54. The summed E-state index contributed by atoms with van der Waals surface area (Å²) < 4.78 is 7.55. The highest BCUT2D eigenvalue weighted by Gasteiger charge is 2.38. The van der Waals surface area contributed by atoms with E-state index in [1.807, 2.05) is 43.1 Å². The van der Waals surface area contributed by atoms with Gasteiger partial charge in [-0.15, -0.1) is 0 Å². The maximum atomic E-state index is 13.2. The average molecular weight is 425 g/mol. The van der Waals surface area contributed by atoms with Gasteiger partial charge in [0.25, 0.3) is 11.8 Å². The molecule has 0 radical (unpaired) electrons. The van der Waals surface area contributed by atoms with Gasteiger partial charge in [0.05, 0.1) is 23.4 Å². The first-order valence-corrected chi connectivity index (χ1v) is 11.3. The van der Waals surface area contributed by atoms with E-state index in [0.29, 0.717) is 36.6 Å². The number of hydrogen-bond acceptors (Lipinski definition) is 4. The standard InChI is InChI=1S/C24H32N4O3/c1-18-20(15-27(2)26-18)23(30)28-13-8-12-24(17-28)11-6-3-7-14-31-21-10-5-4-9-19(21)22(29)25-16-24/h4-5,9-10,15H,3,6-8,11-14,16-17H2,1-2H3,(H,25,29). The quantitative estimate of drug-likeness (QED) is 0.762. The molecule has 7 heteroatoms. The minimum atomic E-state index is -0.109. The molecule has 1 unspecified atom stereocenters. The van der Waals surface area contributed by atoms with E-state index >= 15 is 0 Å². The molecule has 31 heavy (non-hydrogen) atoms. The van der Waals surface area contributed by atoms with Crippen molar-refractivity contribution >= 4 is 11.8 Å². The number of carbonyl (C=O) groups is 2. The van der Waals surface area contributed by atoms with Gasteiger partial charge in [0.2, 0.25) is 0 Å². The van der Waals surface area contributed by atoms with Gasteiger partial charge >= 0.3 is 0 Å². The van der Waals surface area contributed by atoms with Crippen LogP contribution in [0.5, 0.6) is 5.75 Å². The van der Waals surface area contributed by atoms with Crippen LogP contribution in [-0.2, 0) is 7.05 Å². The van der Waals surface area contributed by atoms with Crippen LogP contribution in [-0.4, -0.2) is 52.7 Å². The summed E-state index contributed by atoms with van der Waals surface area (Å²) in [5.41, 5.74) is 1.90. The summed E-state index contributed by atoms with van der Waals surface area (Å²) in [5, 5.41) is 7.49. The highest BCUT2D eigenvalue weighted by molar-refractivity contribution is 5.97. The number of piperidine rings is 1. The molecule has 2 aliphatic heterocycles. The lowest BCUT2D eigenvalue weighted by Crippen LogP contribution is -2.51. The number of ether oxygens (including phenoxy) is 1. The van der Waals surface area contributed by atoms with Crippen LogP contribution in [0.4, 0.5) is 0 Å². The lowest BCUT2D eigenvalue weighted by molar-refractivity contribution is 0.0468. The van der Waals surface area contributed by atoms with Crippen molar-refractivity contribution in [3.8, 4) is 5.75 Å². The number of para-hydroxylation sites is 1. The van der Waals surface area contributed by atoms with Crippen molar-refractivity contribution in [2.24, 2.45) is 12.5 Å². The van der Waals surface area contributed by atoms with Crippen LogP contribution < -0.4 is 10.1 Å². The fourth-order valence-electron chi connectivity index (χ4n) is 4.90. The van der Waals surface area contributed by atoms with Crippen LogP contribution in [0.15, 0.2) is 30.5 Å². The molecule has 1 saturated heterocycles. The van der Waals surface area contributed by atoms with Gasteiger partial charge < -0.3 is 15.0 Å². The first kappa shape index (κ1) is 21.4. The van der Waals surface area contributed by atoms with E-state index in [1.165, 1.54) is 0 Å². The number of nitrogens with one attached hydrogen (secondary N) is 1. The molecule has 3 heterocycles. The number of rotatable bonds is 1. The molecular weight excluding hydrogens is 392 g/mol. The lowest BCUT2D eigenvalue weighted by atomic mass is 9.75. The number of aryl methyl sites for hydroxylation is 2. The highest BCUT2D eigenvalue weighted by atomic mass is 16.5. The van der Waals surface area contributed by atoms with Crippen LogP contribution >= 0.6 is 0 Å². The fourth-order valence-corrected chi connectivity index (χ4v) is 4.90. The maximum Gasteiger partial charge on any atom is 0.257 e. The third-order valence-corrected chi connectivity index (χ3v) is 6.56. The van der Waals surface area contributed by atoms with E-state index < -0.39 is 0 Å². The average Bonchev–Trinajstić information content (AvgIpc) is 3.11. The van der Waals surface area contributed by atoms with Crippen molar-refractivity contribution < 1.29 is 14.3 Å². The molecule has 0 bridgehead atoms. The molecular formula is C24H32N4O3. The minimum absolute atomic E-state index is 0.0425. The predicted octanol–water partition coefficient (Wildman–Crippen LogP) is 3.33. The predicted molar refractivity (Wildman–Crippen MR) is 118 cm³/mol. The van der Waals surface area contributed by atoms with Gasteiger partial charge in [-0.2, -0.15) is 5.10 Å². The topological polar surface area (TPSA) is 76.5 Å². The molecule has 2 aliphatic rings. The van der Waals surface area contributed by atoms with Crippen molar-refractivity contribution in [3.05, 3.63) is 47.3 Å². The zero-order valence-electron chi connectivity index (χ0n) is 18.5. The van der Waals surface area contributed by atoms with Crippen molar-refractivity contribution in [2.45, 2.75) is 45.4 Å². The molecule has 166 valence electrons. The zero-order valence-corrected chi connectivity index (χ0v) is 18.5. The van der Waals surface area contributed by atoms with Crippen molar-refractivity contribution in [1.82, 2.24) is 20.0 Å². The number of hydrogen-bond donors (Lipinski definition) is 1. The molecule has 1 atom stereocenters. The summed E-state index contributed by atoms with van der Waals surface area (Å²) in [6, 6.07) is 7.42. The summed E-state index contributed by atoms with van der Waals surface area (Å²) >= 11 is 0. The van der Waals surface area contributed by atoms with Gasteiger partial charge in [-0.05, 0) is 44.7 Å². The third kappa shape index (κ3) is 4.75. The molecule has 1 fully saturated rings. The Kier molecular flexibility index (Phi) is 6.30. The van der Waals surface area contributed by atoms with E-state index in [2.05, 4.69) is 10.4 Å². The van der Waals surface area contributed by atoms with E-state index in [-0.39, 0.29) is 17.2 Å². The summed E-state index contributed by atoms with van der Waals surface area (Å²) in [6.45, 7) is 4.47. The summed E-state index contributed by atoms with van der Waals surface area (Å²) in [7, 11) is 1.84. The smallest absolute Gasteiger partial charge is 0.257 e. The van der Waals surface area contributed by atoms with Gasteiger partial charge in [-0.25, -0.2) is 0 Å². The number of likely N-dealkylation sites (tertiary alicyclic amines) is 1. The van der Waals surface area contributed by atoms with E-state index in [0.717, 1.165) is 50.8 Å². The second-order valence-electron chi connectivity index (χ2n) is 8.97. The number of aromatic nitrogens is 2. The van der Waals surface area contributed by atoms with Crippen LogP contribution in [0.25, 0.3) is 0 Å². The number of nitrogens with zero attached hydrogens (tertiary/aromatic N) is 3. The van der Waals surface area contributed by atoms with E-state index in [9.17, 15) is 9.59 Å². The molecule has 0 saturated carbocycles. The number of fused-ring (bicyclic) bond motifs is 1. The zero-order chi connectivity index (χ0) is 21.8. The Morgan fingerprint density at radius 2 is 1.97 bits per heavy atom. The molecule has 1 N–H and O–H groups in total.